The highest BCUT2D eigenvalue weighted by atomic mass is 16.1. The summed E-state index contributed by atoms with van der Waals surface area (Å²) in [7, 11) is 0. The van der Waals surface area contributed by atoms with Gasteiger partial charge >= 0.3 is 0 Å². The van der Waals surface area contributed by atoms with Crippen LogP contribution in [0.15, 0.2) is 43.0 Å². The van der Waals surface area contributed by atoms with E-state index < -0.39 is 0 Å². The minimum absolute atomic E-state index is 0.0660. The van der Waals surface area contributed by atoms with Crippen molar-refractivity contribution in [2.45, 2.75) is 31.7 Å². The van der Waals surface area contributed by atoms with Crippen LogP contribution in [-0.4, -0.2) is 28.0 Å². The number of rotatable bonds is 5. The predicted molar refractivity (Wildman–Crippen MR) is 82.5 cm³/mol. The molecule has 1 aromatic carbocycles. The van der Waals surface area contributed by atoms with Crippen molar-refractivity contribution < 1.29 is 4.79 Å². The average Bonchev–Trinajstić information content (AvgIpc) is 3.19. The summed E-state index contributed by atoms with van der Waals surface area (Å²) < 4.78 is 1.90. The first-order valence-electron chi connectivity index (χ1n) is 7.43. The molecule has 21 heavy (non-hydrogen) atoms. The molecule has 1 unspecified atom stereocenters. The van der Waals surface area contributed by atoms with E-state index in [9.17, 15) is 4.79 Å². The third kappa shape index (κ3) is 3.49. The molecular formula is C16H20N4O. The zero-order valence-corrected chi connectivity index (χ0v) is 12.0. The Bertz CT molecular complexity index is 588. The van der Waals surface area contributed by atoms with Gasteiger partial charge in [0.25, 0.3) is 0 Å². The maximum absolute atomic E-state index is 12.1. The second-order valence-electron chi connectivity index (χ2n) is 5.37. The number of amides is 1. The highest BCUT2D eigenvalue weighted by Gasteiger charge is 2.15. The number of anilines is 1. The average molecular weight is 284 g/mol. The van der Waals surface area contributed by atoms with E-state index >= 15 is 0 Å². The molecule has 5 heteroatoms. The molecule has 0 spiro atoms. The number of hydrogen-bond acceptors (Lipinski definition) is 3. The van der Waals surface area contributed by atoms with Crippen molar-refractivity contribution in [1.29, 1.82) is 0 Å². The topological polar surface area (TPSA) is 59.0 Å². The van der Waals surface area contributed by atoms with E-state index in [1.165, 1.54) is 12.8 Å². The summed E-state index contributed by atoms with van der Waals surface area (Å²) in [5.41, 5.74) is 1.75. The zero-order valence-electron chi connectivity index (χ0n) is 12.0. The largest absolute Gasteiger partial charge is 0.324 e. The van der Waals surface area contributed by atoms with Gasteiger partial charge in [-0.25, -0.2) is 4.98 Å². The third-order valence-corrected chi connectivity index (χ3v) is 3.84. The lowest BCUT2D eigenvalue weighted by Crippen LogP contribution is -2.23. The van der Waals surface area contributed by atoms with Crippen LogP contribution in [0.2, 0.25) is 0 Å². The van der Waals surface area contributed by atoms with Crippen LogP contribution in [0.5, 0.6) is 0 Å². The van der Waals surface area contributed by atoms with Gasteiger partial charge in [-0.15, -0.1) is 0 Å². The van der Waals surface area contributed by atoms with Crippen LogP contribution in [0.1, 0.15) is 25.7 Å². The van der Waals surface area contributed by atoms with E-state index in [2.05, 4.69) is 15.6 Å². The molecule has 0 radical (unpaired) electrons. The Balaban J connectivity index is 1.63. The van der Waals surface area contributed by atoms with Crippen LogP contribution in [0.4, 0.5) is 5.69 Å². The molecule has 110 valence electrons. The summed E-state index contributed by atoms with van der Waals surface area (Å²) in [4.78, 5) is 16.2. The summed E-state index contributed by atoms with van der Waals surface area (Å²) >= 11 is 0. The van der Waals surface area contributed by atoms with E-state index in [0.29, 0.717) is 12.5 Å². The van der Waals surface area contributed by atoms with Crippen LogP contribution < -0.4 is 10.6 Å². The fourth-order valence-electron chi connectivity index (χ4n) is 2.73. The number of carbonyl (C=O) groups is 1. The molecule has 5 nitrogen and oxygen atoms in total. The second-order valence-corrected chi connectivity index (χ2v) is 5.37. The van der Waals surface area contributed by atoms with Crippen LogP contribution in [0.25, 0.3) is 5.69 Å². The minimum atomic E-state index is 0.0660. The molecule has 2 N–H and O–H groups in total. The minimum Gasteiger partial charge on any atom is -0.324 e. The lowest BCUT2D eigenvalue weighted by atomic mass is 10.1. The van der Waals surface area contributed by atoms with Crippen molar-refractivity contribution in [3.05, 3.63) is 43.0 Å². The number of aromatic nitrogens is 2. The van der Waals surface area contributed by atoms with Crippen LogP contribution in [0, 0.1) is 0 Å². The second kappa shape index (κ2) is 6.54. The van der Waals surface area contributed by atoms with E-state index in [0.717, 1.165) is 24.3 Å². The number of hydrogen-bond donors (Lipinski definition) is 2. The molecule has 1 amide bonds. The molecule has 1 aliphatic rings. The van der Waals surface area contributed by atoms with Crippen molar-refractivity contribution in [3.63, 3.8) is 0 Å². The Morgan fingerprint density at radius 1 is 1.43 bits per heavy atom. The summed E-state index contributed by atoms with van der Waals surface area (Å²) in [6.07, 6.45) is 9.18. The smallest absolute Gasteiger partial charge is 0.224 e. The van der Waals surface area contributed by atoms with Gasteiger partial charge in [0, 0.05) is 24.9 Å². The van der Waals surface area contributed by atoms with Crippen LogP contribution in [0.3, 0.4) is 0 Å². The van der Waals surface area contributed by atoms with Gasteiger partial charge in [-0.05, 0) is 37.9 Å². The number of nitrogens with zero attached hydrogens (tertiary/aromatic N) is 2. The normalized spacial score (nSPS) is 17.8. The first-order valence-corrected chi connectivity index (χ1v) is 7.43. The van der Waals surface area contributed by atoms with Crippen molar-refractivity contribution in [1.82, 2.24) is 14.9 Å². The molecule has 1 fully saturated rings. The fraction of sp³-hybridized carbons (Fsp3) is 0.375. The zero-order chi connectivity index (χ0) is 14.5. The SMILES string of the molecule is O=C(CCC1CCCN1)Nc1ccccc1-n1ccnc1. The van der Waals surface area contributed by atoms with E-state index in [4.69, 9.17) is 0 Å². The number of benzene rings is 1. The number of para-hydroxylation sites is 2. The molecule has 0 saturated carbocycles. The van der Waals surface area contributed by atoms with Gasteiger partial charge in [0.05, 0.1) is 17.7 Å². The highest BCUT2D eigenvalue weighted by Crippen LogP contribution is 2.20. The van der Waals surface area contributed by atoms with Crippen LogP contribution in [-0.2, 0) is 4.79 Å². The Morgan fingerprint density at radius 2 is 2.33 bits per heavy atom. The van der Waals surface area contributed by atoms with Gasteiger partial charge in [-0.1, -0.05) is 12.1 Å². The molecular weight excluding hydrogens is 264 g/mol. The van der Waals surface area contributed by atoms with Crippen molar-refractivity contribution in [3.8, 4) is 5.69 Å². The quantitative estimate of drug-likeness (QED) is 0.886. The first-order chi connectivity index (χ1) is 10.3. The number of imidazole rings is 1. The van der Waals surface area contributed by atoms with Crippen LogP contribution >= 0.6 is 0 Å². The summed E-state index contributed by atoms with van der Waals surface area (Å²) in [5, 5.41) is 6.42. The Morgan fingerprint density at radius 3 is 3.10 bits per heavy atom. The van der Waals surface area contributed by atoms with E-state index in [-0.39, 0.29) is 5.91 Å². The van der Waals surface area contributed by atoms with Gasteiger partial charge < -0.3 is 15.2 Å². The standard InChI is InChI=1S/C16H20N4O/c21-16(8-7-13-4-3-9-18-13)19-14-5-1-2-6-15(14)20-11-10-17-12-20/h1-2,5-6,10-13,18H,3-4,7-9H2,(H,19,21). The van der Waals surface area contributed by atoms with E-state index in [1.54, 1.807) is 12.5 Å². The Kier molecular flexibility index (Phi) is 4.31. The third-order valence-electron chi connectivity index (χ3n) is 3.84. The van der Waals surface area contributed by atoms with Gasteiger partial charge in [-0.2, -0.15) is 0 Å². The first kappa shape index (κ1) is 13.8. The monoisotopic (exact) mass is 284 g/mol. The fourth-order valence-corrected chi connectivity index (χ4v) is 2.73. The van der Waals surface area contributed by atoms with Crippen molar-refractivity contribution >= 4 is 11.6 Å². The van der Waals surface area contributed by atoms with Gasteiger partial charge in [0.15, 0.2) is 0 Å². The van der Waals surface area contributed by atoms with Crippen molar-refractivity contribution in [2.24, 2.45) is 0 Å². The van der Waals surface area contributed by atoms with Gasteiger partial charge in [-0.3, -0.25) is 4.79 Å². The maximum atomic E-state index is 12.1. The number of nitrogens with one attached hydrogen (secondary N) is 2. The lowest BCUT2D eigenvalue weighted by Gasteiger charge is -2.13. The molecule has 1 saturated heterocycles. The predicted octanol–water partition coefficient (Wildman–Crippen LogP) is 2.34. The summed E-state index contributed by atoms with van der Waals surface area (Å²) in [5.74, 6) is 0.0660. The molecule has 2 heterocycles. The maximum Gasteiger partial charge on any atom is 0.224 e. The molecule has 2 aromatic rings. The summed E-state index contributed by atoms with van der Waals surface area (Å²) in [6, 6.07) is 8.26. The Labute approximate surface area is 124 Å². The van der Waals surface area contributed by atoms with Gasteiger partial charge in [0.1, 0.15) is 0 Å². The summed E-state index contributed by atoms with van der Waals surface area (Å²) in [6.45, 7) is 1.08. The molecule has 1 aromatic heterocycles. The van der Waals surface area contributed by atoms with Gasteiger partial charge in [0.2, 0.25) is 5.91 Å². The Hall–Kier alpha value is -2.14. The lowest BCUT2D eigenvalue weighted by molar-refractivity contribution is -0.116. The molecule has 1 aliphatic heterocycles. The van der Waals surface area contributed by atoms with Crippen molar-refractivity contribution in [2.75, 3.05) is 11.9 Å². The molecule has 0 bridgehead atoms. The molecule has 3 rings (SSSR count). The molecule has 1 atom stereocenters. The highest BCUT2D eigenvalue weighted by molar-refractivity contribution is 5.92. The van der Waals surface area contributed by atoms with E-state index in [1.807, 2.05) is 35.0 Å². The molecule has 0 aliphatic carbocycles. The number of carbonyl (C=O) groups excluding carboxylic acids is 1.